The molecule has 33 heavy (non-hydrogen) atoms. The molecule has 1 aliphatic rings. The molecule has 0 aromatic carbocycles. The second kappa shape index (κ2) is 9.36. The predicted molar refractivity (Wildman–Crippen MR) is 126 cm³/mol. The van der Waals surface area contributed by atoms with Gasteiger partial charge in [0.1, 0.15) is 17.2 Å². The molecule has 0 aliphatic carbocycles. The first-order valence-electron chi connectivity index (χ1n) is 10.9. The Labute approximate surface area is 193 Å². The molecule has 1 aliphatic heterocycles. The minimum Gasteiger partial charge on any atom is -0.354 e. The number of piperazine rings is 1. The summed E-state index contributed by atoms with van der Waals surface area (Å²) in [5.74, 6) is 1.00. The SMILES string of the molecule is Cc1ccc(C)n1-c1c(C(=O)NCCS(=O)(=O)N2CCN(c3ccccn3)CC2)cnn1C. The molecule has 1 saturated heterocycles. The number of carbonyl (C=O) groups is 1. The van der Waals surface area contributed by atoms with Gasteiger partial charge < -0.3 is 14.8 Å². The van der Waals surface area contributed by atoms with Gasteiger partial charge in [-0.1, -0.05) is 6.07 Å². The summed E-state index contributed by atoms with van der Waals surface area (Å²) in [6, 6.07) is 9.64. The summed E-state index contributed by atoms with van der Waals surface area (Å²) in [6.07, 6.45) is 3.24. The van der Waals surface area contributed by atoms with Gasteiger partial charge in [0.2, 0.25) is 10.0 Å². The summed E-state index contributed by atoms with van der Waals surface area (Å²) < 4.78 is 30.7. The lowest BCUT2D eigenvalue weighted by Crippen LogP contribution is -2.50. The topological polar surface area (TPSA) is 105 Å². The van der Waals surface area contributed by atoms with Crippen molar-refractivity contribution in [3.05, 3.63) is 59.7 Å². The zero-order chi connectivity index (χ0) is 23.6. The molecule has 0 bridgehead atoms. The Hall–Kier alpha value is -3.18. The summed E-state index contributed by atoms with van der Waals surface area (Å²) in [7, 11) is -1.71. The standard InChI is InChI=1S/C22H29N7O3S/c1-17-7-8-18(2)29(17)22-19(16-25-26(22)3)21(30)24-10-15-33(31,32)28-13-11-27(12-14-28)20-6-4-5-9-23-20/h4-9,16H,10-15H2,1-3H3,(H,24,30). The fourth-order valence-electron chi connectivity index (χ4n) is 4.11. The summed E-state index contributed by atoms with van der Waals surface area (Å²) in [5, 5.41) is 6.99. The van der Waals surface area contributed by atoms with Crippen LogP contribution in [-0.2, 0) is 17.1 Å². The van der Waals surface area contributed by atoms with Crippen LogP contribution >= 0.6 is 0 Å². The van der Waals surface area contributed by atoms with E-state index in [1.165, 1.54) is 10.5 Å². The maximum absolute atomic E-state index is 12.9. The van der Waals surface area contributed by atoms with Crippen molar-refractivity contribution in [1.82, 2.24) is 29.0 Å². The number of hydrogen-bond acceptors (Lipinski definition) is 6. The zero-order valence-electron chi connectivity index (χ0n) is 19.1. The van der Waals surface area contributed by atoms with Gasteiger partial charge in [-0.15, -0.1) is 0 Å². The van der Waals surface area contributed by atoms with Gasteiger partial charge >= 0.3 is 0 Å². The van der Waals surface area contributed by atoms with Gasteiger partial charge in [0.15, 0.2) is 0 Å². The van der Waals surface area contributed by atoms with Crippen LogP contribution in [0.15, 0.2) is 42.7 Å². The molecule has 11 heteroatoms. The Morgan fingerprint density at radius 2 is 1.76 bits per heavy atom. The fraction of sp³-hybridized carbons (Fsp3) is 0.409. The molecule has 0 spiro atoms. The Bertz CT molecular complexity index is 1210. The molecule has 1 fully saturated rings. The van der Waals surface area contributed by atoms with Gasteiger partial charge in [-0.2, -0.15) is 9.40 Å². The molecule has 10 nitrogen and oxygen atoms in total. The number of carbonyl (C=O) groups excluding carboxylic acids is 1. The third-order valence-electron chi connectivity index (χ3n) is 5.89. The molecule has 0 saturated carbocycles. The predicted octanol–water partition coefficient (Wildman–Crippen LogP) is 1.10. The molecular weight excluding hydrogens is 442 g/mol. The average molecular weight is 472 g/mol. The van der Waals surface area contributed by atoms with E-state index in [4.69, 9.17) is 0 Å². The van der Waals surface area contributed by atoms with E-state index in [1.807, 2.05) is 48.7 Å². The highest BCUT2D eigenvalue weighted by molar-refractivity contribution is 7.89. The quantitative estimate of drug-likeness (QED) is 0.553. The molecule has 176 valence electrons. The molecule has 1 N–H and O–H groups in total. The van der Waals surface area contributed by atoms with Gasteiger partial charge in [0.25, 0.3) is 5.91 Å². The highest BCUT2D eigenvalue weighted by atomic mass is 32.2. The average Bonchev–Trinajstić information content (AvgIpc) is 3.35. The number of nitrogens with zero attached hydrogens (tertiary/aromatic N) is 6. The summed E-state index contributed by atoms with van der Waals surface area (Å²) >= 11 is 0. The van der Waals surface area contributed by atoms with Crippen LogP contribution in [0.1, 0.15) is 21.7 Å². The number of aromatic nitrogens is 4. The van der Waals surface area contributed by atoms with Crippen molar-refractivity contribution in [2.75, 3.05) is 43.4 Å². The van der Waals surface area contributed by atoms with E-state index < -0.39 is 10.0 Å². The number of rotatable bonds is 7. The molecule has 4 rings (SSSR count). The lowest BCUT2D eigenvalue weighted by atomic mass is 10.3. The van der Waals surface area contributed by atoms with Crippen LogP contribution in [0.25, 0.3) is 5.82 Å². The van der Waals surface area contributed by atoms with Crippen molar-refractivity contribution in [3.8, 4) is 5.82 Å². The van der Waals surface area contributed by atoms with Gasteiger partial charge in [-0.3, -0.25) is 9.48 Å². The molecule has 3 aromatic rings. The number of sulfonamides is 1. The van der Waals surface area contributed by atoms with E-state index in [9.17, 15) is 13.2 Å². The number of aryl methyl sites for hydroxylation is 3. The van der Waals surface area contributed by atoms with Crippen LogP contribution in [0.5, 0.6) is 0 Å². The normalized spacial score (nSPS) is 15.1. The molecule has 4 heterocycles. The highest BCUT2D eigenvalue weighted by Gasteiger charge is 2.27. The number of nitrogens with one attached hydrogen (secondary N) is 1. The third kappa shape index (κ3) is 4.79. The van der Waals surface area contributed by atoms with E-state index in [-0.39, 0.29) is 18.2 Å². The fourth-order valence-corrected chi connectivity index (χ4v) is 5.45. The second-order valence-electron chi connectivity index (χ2n) is 8.10. The van der Waals surface area contributed by atoms with E-state index in [0.717, 1.165) is 17.2 Å². The first kappa shape index (κ1) is 23.0. The van der Waals surface area contributed by atoms with Crippen molar-refractivity contribution in [1.29, 1.82) is 0 Å². The Balaban J connectivity index is 1.35. The number of hydrogen-bond donors (Lipinski definition) is 1. The van der Waals surface area contributed by atoms with Crippen molar-refractivity contribution >= 4 is 21.7 Å². The van der Waals surface area contributed by atoms with Crippen LogP contribution < -0.4 is 10.2 Å². The largest absolute Gasteiger partial charge is 0.354 e. The Morgan fingerprint density at radius 3 is 2.39 bits per heavy atom. The molecule has 0 unspecified atom stereocenters. The lowest BCUT2D eigenvalue weighted by molar-refractivity contribution is 0.0956. The van der Waals surface area contributed by atoms with Crippen molar-refractivity contribution in [3.63, 3.8) is 0 Å². The van der Waals surface area contributed by atoms with Crippen LogP contribution in [0.4, 0.5) is 5.82 Å². The zero-order valence-corrected chi connectivity index (χ0v) is 19.9. The van der Waals surface area contributed by atoms with Crippen LogP contribution in [0, 0.1) is 13.8 Å². The summed E-state index contributed by atoms with van der Waals surface area (Å²) in [6.45, 7) is 5.90. The van der Waals surface area contributed by atoms with Crippen molar-refractivity contribution < 1.29 is 13.2 Å². The second-order valence-corrected chi connectivity index (χ2v) is 10.2. The first-order valence-corrected chi connectivity index (χ1v) is 12.5. The van der Waals surface area contributed by atoms with E-state index >= 15 is 0 Å². The minimum atomic E-state index is -3.48. The number of anilines is 1. The minimum absolute atomic E-state index is 0.0274. The smallest absolute Gasteiger partial charge is 0.256 e. The highest BCUT2D eigenvalue weighted by Crippen LogP contribution is 2.20. The number of pyridine rings is 1. The van der Waals surface area contributed by atoms with E-state index in [2.05, 4.69) is 20.3 Å². The Morgan fingerprint density at radius 1 is 1.06 bits per heavy atom. The Kier molecular flexibility index (Phi) is 6.52. The third-order valence-corrected chi connectivity index (χ3v) is 7.76. The molecule has 0 radical (unpaired) electrons. The first-order chi connectivity index (χ1) is 15.8. The van der Waals surface area contributed by atoms with Crippen molar-refractivity contribution in [2.24, 2.45) is 7.05 Å². The summed E-state index contributed by atoms with van der Waals surface area (Å²) in [5.41, 5.74) is 2.37. The number of amides is 1. The molecule has 3 aromatic heterocycles. The molecule has 1 amide bonds. The van der Waals surface area contributed by atoms with Gasteiger partial charge in [0.05, 0.1) is 11.9 Å². The molecule has 0 atom stereocenters. The summed E-state index contributed by atoms with van der Waals surface area (Å²) in [4.78, 5) is 19.3. The monoisotopic (exact) mass is 471 g/mol. The maximum Gasteiger partial charge on any atom is 0.256 e. The van der Waals surface area contributed by atoms with E-state index in [0.29, 0.717) is 37.6 Å². The van der Waals surface area contributed by atoms with Gasteiger partial charge in [0, 0.05) is 57.4 Å². The van der Waals surface area contributed by atoms with E-state index in [1.54, 1.807) is 17.9 Å². The van der Waals surface area contributed by atoms with Crippen LogP contribution in [0.3, 0.4) is 0 Å². The van der Waals surface area contributed by atoms with Crippen molar-refractivity contribution in [2.45, 2.75) is 13.8 Å². The lowest BCUT2D eigenvalue weighted by Gasteiger charge is -2.34. The van der Waals surface area contributed by atoms with Crippen LogP contribution in [-0.4, -0.2) is 76.4 Å². The molecular formula is C22H29N7O3S. The van der Waals surface area contributed by atoms with Crippen LogP contribution in [0.2, 0.25) is 0 Å². The van der Waals surface area contributed by atoms with Gasteiger partial charge in [-0.25, -0.2) is 13.4 Å². The van der Waals surface area contributed by atoms with Gasteiger partial charge in [-0.05, 0) is 38.1 Å². The maximum atomic E-state index is 12.9.